The van der Waals surface area contributed by atoms with Crippen LogP contribution in [-0.2, 0) is 0 Å². The summed E-state index contributed by atoms with van der Waals surface area (Å²) in [5.41, 5.74) is 2.24. The number of amides is 2. The monoisotopic (exact) mass is 420 g/mol. The predicted octanol–water partition coefficient (Wildman–Crippen LogP) is 5.60. The first-order valence-corrected chi connectivity index (χ1v) is 9.45. The maximum Gasteiger partial charge on any atom is 0.291 e. The molecule has 0 aliphatic carbocycles. The van der Waals surface area contributed by atoms with Crippen molar-refractivity contribution < 1.29 is 18.7 Å². The van der Waals surface area contributed by atoms with Gasteiger partial charge >= 0.3 is 0 Å². The number of anilines is 2. The Labute approximate surface area is 177 Å². The van der Waals surface area contributed by atoms with Crippen molar-refractivity contribution in [2.45, 2.75) is 0 Å². The highest BCUT2D eigenvalue weighted by molar-refractivity contribution is 6.31. The van der Waals surface area contributed by atoms with Gasteiger partial charge in [-0.25, -0.2) is 0 Å². The summed E-state index contributed by atoms with van der Waals surface area (Å²) >= 11 is 5.96. The van der Waals surface area contributed by atoms with E-state index in [0.717, 1.165) is 5.39 Å². The van der Waals surface area contributed by atoms with Crippen molar-refractivity contribution in [3.63, 3.8) is 0 Å². The van der Waals surface area contributed by atoms with Crippen LogP contribution in [0, 0.1) is 0 Å². The third-order valence-electron chi connectivity index (χ3n) is 4.45. The molecule has 0 saturated carbocycles. The van der Waals surface area contributed by atoms with Gasteiger partial charge < -0.3 is 19.8 Å². The number of ether oxygens (including phenoxy) is 1. The van der Waals surface area contributed by atoms with Gasteiger partial charge in [0.1, 0.15) is 11.3 Å². The largest absolute Gasteiger partial charge is 0.497 e. The average molecular weight is 421 g/mol. The first-order chi connectivity index (χ1) is 14.5. The summed E-state index contributed by atoms with van der Waals surface area (Å²) in [6.45, 7) is 0. The molecule has 150 valence electrons. The highest BCUT2D eigenvalue weighted by Crippen LogP contribution is 2.24. The van der Waals surface area contributed by atoms with E-state index in [1.54, 1.807) is 79.9 Å². The highest BCUT2D eigenvalue weighted by Gasteiger charge is 2.13. The van der Waals surface area contributed by atoms with Crippen LogP contribution < -0.4 is 15.4 Å². The molecule has 0 spiro atoms. The standard InChI is InChI=1S/C23H17ClN2O4/c1-29-19-9-7-18(8-10-19)25-22(27)14-2-5-17(6-3-14)26-23(28)21-13-15-12-16(24)4-11-20(15)30-21/h2-13H,1H3,(H,25,27)(H,26,28). The number of hydrogen-bond acceptors (Lipinski definition) is 4. The van der Waals surface area contributed by atoms with Gasteiger partial charge in [-0.05, 0) is 72.8 Å². The first kappa shape index (κ1) is 19.5. The molecule has 1 aromatic heterocycles. The van der Waals surface area contributed by atoms with Gasteiger partial charge in [0.2, 0.25) is 0 Å². The summed E-state index contributed by atoms with van der Waals surface area (Å²) < 4.78 is 10.7. The van der Waals surface area contributed by atoms with E-state index < -0.39 is 5.91 Å². The third-order valence-corrected chi connectivity index (χ3v) is 4.69. The van der Waals surface area contributed by atoms with Gasteiger partial charge in [0.05, 0.1) is 7.11 Å². The number of carbonyl (C=O) groups excluding carboxylic acids is 2. The van der Waals surface area contributed by atoms with Gasteiger partial charge in [0, 0.05) is 27.3 Å². The average Bonchev–Trinajstić information content (AvgIpc) is 3.18. The van der Waals surface area contributed by atoms with Crippen molar-refractivity contribution in [3.05, 3.63) is 89.1 Å². The zero-order valence-corrected chi connectivity index (χ0v) is 16.7. The lowest BCUT2D eigenvalue weighted by Crippen LogP contribution is -2.13. The summed E-state index contributed by atoms with van der Waals surface area (Å²) in [7, 11) is 1.58. The zero-order chi connectivity index (χ0) is 21.1. The second-order valence-corrected chi connectivity index (χ2v) is 6.94. The molecule has 6 nitrogen and oxygen atoms in total. The fourth-order valence-electron chi connectivity index (χ4n) is 2.90. The highest BCUT2D eigenvalue weighted by atomic mass is 35.5. The molecule has 0 bridgehead atoms. The maximum absolute atomic E-state index is 12.5. The molecule has 0 aliphatic rings. The van der Waals surface area contributed by atoms with Crippen LogP contribution in [0.1, 0.15) is 20.9 Å². The minimum absolute atomic E-state index is 0.175. The molecule has 0 atom stereocenters. The number of nitrogens with one attached hydrogen (secondary N) is 2. The molecule has 2 amide bonds. The summed E-state index contributed by atoms with van der Waals surface area (Å²) in [5, 5.41) is 6.88. The predicted molar refractivity (Wildman–Crippen MR) is 117 cm³/mol. The maximum atomic E-state index is 12.5. The molecule has 4 rings (SSSR count). The van der Waals surface area contributed by atoms with E-state index >= 15 is 0 Å². The van der Waals surface area contributed by atoms with Crippen LogP contribution in [0.5, 0.6) is 5.75 Å². The normalized spacial score (nSPS) is 10.6. The zero-order valence-electron chi connectivity index (χ0n) is 15.9. The van der Waals surface area contributed by atoms with Crippen LogP contribution >= 0.6 is 11.6 Å². The van der Waals surface area contributed by atoms with Gasteiger partial charge in [-0.1, -0.05) is 11.6 Å². The molecule has 0 aliphatic heterocycles. The molecular formula is C23H17ClN2O4. The van der Waals surface area contributed by atoms with Crippen molar-refractivity contribution >= 4 is 45.8 Å². The summed E-state index contributed by atoms with van der Waals surface area (Å²) in [6, 6.07) is 20.4. The quantitative estimate of drug-likeness (QED) is 0.440. The smallest absolute Gasteiger partial charge is 0.291 e. The number of furan rings is 1. The summed E-state index contributed by atoms with van der Waals surface area (Å²) in [5.74, 6) is 0.235. The van der Waals surface area contributed by atoms with E-state index in [0.29, 0.717) is 33.3 Å². The second-order valence-electron chi connectivity index (χ2n) is 6.51. The molecule has 4 aromatic rings. The van der Waals surface area contributed by atoms with Gasteiger partial charge in [-0.3, -0.25) is 9.59 Å². The van der Waals surface area contributed by atoms with Gasteiger partial charge in [-0.15, -0.1) is 0 Å². The molecule has 3 aromatic carbocycles. The molecular weight excluding hydrogens is 404 g/mol. The van der Waals surface area contributed by atoms with E-state index in [1.807, 2.05) is 0 Å². The van der Waals surface area contributed by atoms with Gasteiger partial charge in [0.15, 0.2) is 5.76 Å². The van der Waals surface area contributed by atoms with Gasteiger partial charge in [-0.2, -0.15) is 0 Å². The SMILES string of the molecule is COc1ccc(NC(=O)c2ccc(NC(=O)c3cc4cc(Cl)ccc4o3)cc2)cc1. The lowest BCUT2D eigenvalue weighted by Gasteiger charge is -2.08. The number of halogens is 1. The van der Waals surface area contributed by atoms with Crippen LogP contribution in [0.2, 0.25) is 5.02 Å². The molecule has 1 heterocycles. The Hall–Kier alpha value is -3.77. The molecule has 2 N–H and O–H groups in total. The van der Waals surface area contributed by atoms with Crippen molar-refractivity contribution in [1.82, 2.24) is 0 Å². The van der Waals surface area contributed by atoms with Crippen molar-refractivity contribution in [2.75, 3.05) is 17.7 Å². The fourth-order valence-corrected chi connectivity index (χ4v) is 3.08. The Balaban J connectivity index is 1.41. The van der Waals surface area contributed by atoms with E-state index in [9.17, 15) is 9.59 Å². The fraction of sp³-hybridized carbons (Fsp3) is 0.0435. The molecule has 30 heavy (non-hydrogen) atoms. The number of rotatable bonds is 5. The third kappa shape index (κ3) is 4.29. The van der Waals surface area contributed by atoms with Crippen LogP contribution in [0.25, 0.3) is 11.0 Å². The Bertz CT molecular complexity index is 1210. The molecule has 7 heteroatoms. The molecule has 0 fully saturated rings. The van der Waals surface area contributed by atoms with Crippen LogP contribution in [0.15, 0.2) is 77.2 Å². The number of hydrogen-bond donors (Lipinski definition) is 2. The molecule has 0 saturated heterocycles. The van der Waals surface area contributed by atoms with Crippen molar-refractivity contribution in [2.24, 2.45) is 0 Å². The number of methoxy groups -OCH3 is 1. The minimum atomic E-state index is -0.391. The van der Waals surface area contributed by atoms with E-state index in [-0.39, 0.29) is 11.7 Å². The van der Waals surface area contributed by atoms with Crippen LogP contribution in [0.3, 0.4) is 0 Å². The van der Waals surface area contributed by atoms with Crippen molar-refractivity contribution in [1.29, 1.82) is 0 Å². The number of fused-ring (bicyclic) bond motifs is 1. The first-order valence-electron chi connectivity index (χ1n) is 9.08. The number of carbonyl (C=O) groups is 2. The van der Waals surface area contributed by atoms with Crippen LogP contribution in [0.4, 0.5) is 11.4 Å². The van der Waals surface area contributed by atoms with E-state index in [2.05, 4.69) is 10.6 Å². The van der Waals surface area contributed by atoms with Crippen LogP contribution in [-0.4, -0.2) is 18.9 Å². The molecule has 0 radical (unpaired) electrons. The minimum Gasteiger partial charge on any atom is -0.497 e. The molecule has 0 unspecified atom stereocenters. The Kier molecular flexibility index (Phi) is 5.41. The van der Waals surface area contributed by atoms with Gasteiger partial charge in [0.25, 0.3) is 11.8 Å². The number of benzene rings is 3. The Morgan fingerprint density at radius 1 is 0.833 bits per heavy atom. The van der Waals surface area contributed by atoms with Crippen molar-refractivity contribution in [3.8, 4) is 5.75 Å². The Morgan fingerprint density at radius 2 is 1.47 bits per heavy atom. The summed E-state index contributed by atoms with van der Waals surface area (Å²) in [4.78, 5) is 24.8. The Morgan fingerprint density at radius 3 is 2.13 bits per heavy atom. The van der Waals surface area contributed by atoms with E-state index in [4.69, 9.17) is 20.8 Å². The van der Waals surface area contributed by atoms with E-state index in [1.165, 1.54) is 0 Å². The lowest BCUT2D eigenvalue weighted by molar-refractivity contribution is 0.0997. The summed E-state index contributed by atoms with van der Waals surface area (Å²) in [6.07, 6.45) is 0. The topological polar surface area (TPSA) is 80.6 Å². The lowest BCUT2D eigenvalue weighted by atomic mass is 10.2. The second kappa shape index (κ2) is 8.31.